The molecule has 1 unspecified atom stereocenters. The average molecular weight is 299 g/mol. The molecule has 0 saturated carbocycles. The van der Waals surface area contributed by atoms with Crippen molar-refractivity contribution in [2.75, 3.05) is 0 Å². The standard InChI is InChI=1S/C17H15ClN2O/c1-12-19-16-9-14(18)7-8-15(16)17(11-21)20(12)10-13-5-3-2-4-6-13/h2-9,11,17H,10H2,1H3. The van der Waals surface area contributed by atoms with Gasteiger partial charge < -0.3 is 9.69 Å². The van der Waals surface area contributed by atoms with Crippen LogP contribution in [-0.4, -0.2) is 17.0 Å². The van der Waals surface area contributed by atoms with Gasteiger partial charge in [-0.3, -0.25) is 0 Å². The molecule has 21 heavy (non-hydrogen) atoms. The Bertz CT molecular complexity index is 697. The second-order valence-corrected chi connectivity index (χ2v) is 5.49. The molecule has 0 aromatic heterocycles. The minimum Gasteiger partial charge on any atom is -0.342 e. The average Bonchev–Trinajstić information content (AvgIpc) is 2.49. The summed E-state index contributed by atoms with van der Waals surface area (Å²) >= 11 is 6.01. The van der Waals surface area contributed by atoms with Crippen molar-refractivity contribution in [3.05, 3.63) is 64.7 Å². The number of halogens is 1. The monoisotopic (exact) mass is 298 g/mol. The number of hydrogen-bond acceptors (Lipinski definition) is 3. The lowest BCUT2D eigenvalue weighted by atomic mass is 10.0. The molecular weight excluding hydrogens is 284 g/mol. The smallest absolute Gasteiger partial charge is 0.147 e. The SMILES string of the molecule is CC1=Nc2cc(Cl)ccc2C(C=O)N1Cc1ccccc1. The zero-order valence-corrected chi connectivity index (χ0v) is 12.4. The van der Waals surface area contributed by atoms with Crippen LogP contribution in [-0.2, 0) is 11.3 Å². The molecule has 3 nitrogen and oxygen atoms in total. The maximum Gasteiger partial charge on any atom is 0.147 e. The zero-order valence-electron chi connectivity index (χ0n) is 11.7. The van der Waals surface area contributed by atoms with Gasteiger partial charge in [0.05, 0.1) is 5.69 Å². The molecule has 1 atom stereocenters. The first kappa shape index (κ1) is 13.8. The lowest BCUT2D eigenvalue weighted by molar-refractivity contribution is -0.111. The van der Waals surface area contributed by atoms with E-state index in [1.807, 2.05) is 48.2 Å². The Labute approximate surface area is 128 Å². The number of hydrogen-bond donors (Lipinski definition) is 0. The van der Waals surface area contributed by atoms with Gasteiger partial charge in [0.15, 0.2) is 0 Å². The van der Waals surface area contributed by atoms with Gasteiger partial charge in [-0.15, -0.1) is 0 Å². The topological polar surface area (TPSA) is 32.7 Å². The van der Waals surface area contributed by atoms with E-state index >= 15 is 0 Å². The van der Waals surface area contributed by atoms with E-state index < -0.39 is 0 Å². The highest BCUT2D eigenvalue weighted by Crippen LogP contribution is 2.36. The van der Waals surface area contributed by atoms with Crippen LogP contribution in [0.1, 0.15) is 24.1 Å². The summed E-state index contributed by atoms with van der Waals surface area (Å²) in [6.07, 6.45) is 0.966. The summed E-state index contributed by atoms with van der Waals surface area (Å²) in [5, 5.41) is 0.631. The van der Waals surface area contributed by atoms with Crippen LogP contribution in [0.4, 0.5) is 5.69 Å². The predicted molar refractivity (Wildman–Crippen MR) is 85.0 cm³/mol. The van der Waals surface area contributed by atoms with Crippen LogP contribution in [0.3, 0.4) is 0 Å². The Balaban J connectivity index is 1.99. The van der Waals surface area contributed by atoms with Crippen molar-refractivity contribution in [3.63, 3.8) is 0 Å². The molecule has 2 aromatic rings. The summed E-state index contributed by atoms with van der Waals surface area (Å²) < 4.78 is 0. The molecule has 1 aliphatic rings. The largest absolute Gasteiger partial charge is 0.342 e. The maximum atomic E-state index is 11.6. The molecule has 4 heteroatoms. The quantitative estimate of drug-likeness (QED) is 0.798. The number of aldehydes is 1. The third-order valence-electron chi connectivity index (χ3n) is 3.67. The maximum absolute atomic E-state index is 11.6. The van der Waals surface area contributed by atoms with Crippen molar-refractivity contribution >= 4 is 29.4 Å². The molecule has 0 spiro atoms. The van der Waals surface area contributed by atoms with Gasteiger partial charge in [0, 0.05) is 17.1 Å². The number of aliphatic imine (C=N–C) groups is 1. The van der Waals surface area contributed by atoms with Crippen molar-refractivity contribution in [3.8, 4) is 0 Å². The normalized spacial score (nSPS) is 17.1. The number of nitrogens with zero attached hydrogens (tertiary/aromatic N) is 2. The van der Waals surface area contributed by atoms with Crippen molar-refractivity contribution in [1.29, 1.82) is 0 Å². The fourth-order valence-electron chi connectivity index (χ4n) is 2.61. The summed E-state index contributed by atoms with van der Waals surface area (Å²) in [4.78, 5) is 18.2. The van der Waals surface area contributed by atoms with Crippen LogP contribution in [0.5, 0.6) is 0 Å². The first-order valence-electron chi connectivity index (χ1n) is 6.79. The van der Waals surface area contributed by atoms with Crippen LogP contribution >= 0.6 is 11.6 Å². The van der Waals surface area contributed by atoms with Crippen LogP contribution in [0, 0.1) is 0 Å². The molecule has 2 aromatic carbocycles. The van der Waals surface area contributed by atoms with E-state index in [1.165, 1.54) is 0 Å². The number of rotatable bonds is 3. The Morgan fingerprint density at radius 2 is 2.00 bits per heavy atom. The van der Waals surface area contributed by atoms with E-state index in [4.69, 9.17) is 11.6 Å². The molecule has 0 bridgehead atoms. The summed E-state index contributed by atoms with van der Waals surface area (Å²) in [5.74, 6) is 0.825. The van der Waals surface area contributed by atoms with Crippen molar-refractivity contribution in [2.45, 2.75) is 19.5 Å². The Morgan fingerprint density at radius 3 is 2.71 bits per heavy atom. The lowest BCUT2D eigenvalue weighted by Crippen LogP contribution is -2.35. The van der Waals surface area contributed by atoms with E-state index in [1.54, 1.807) is 12.1 Å². The number of benzene rings is 2. The first-order chi connectivity index (χ1) is 10.2. The molecule has 1 heterocycles. The summed E-state index contributed by atoms with van der Waals surface area (Å²) in [7, 11) is 0. The van der Waals surface area contributed by atoms with Gasteiger partial charge in [-0.05, 0) is 24.6 Å². The number of carbonyl (C=O) groups excluding carboxylic acids is 1. The third-order valence-corrected chi connectivity index (χ3v) is 3.90. The number of carbonyl (C=O) groups is 1. The molecule has 0 aliphatic carbocycles. The van der Waals surface area contributed by atoms with Crippen molar-refractivity contribution in [1.82, 2.24) is 4.90 Å². The van der Waals surface area contributed by atoms with Crippen LogP contribution < -0.4 is 0 Å². The van der Waals surface area contributed by atoms with E-state index in [-0.39, 0.29) is 6.04 Å². The van der Waals surface area contributed by atoms with Crippen molar-refractivity contribution in [2.24, 2.45) is 4.99 Å². The molecule has 0 fully saturated rings. The zero-order chi connectivity index (χ0) is 14.8. The van der Waals surface area contributed by atoms with Gasteiger partial charge in [0.25, 0.3) is 0 Å². The fourth-order valence-corrected chi connectivity index (χ4v) is 2.78. The Hall–Kier alpha value is -2.13. The lowest BCUT2D eigenvalue weighted by Gasteiger charge is -2.34. The van der Waals surface area contributed by atoms with Gasteiger partial charge in [-0.1, -0.05) is 48.0 Å². The highest BCUT2D eigenvalue weighted by molar-refractivity contribution is 6.30. The second-order valence-electron chi connectivity index (χ2n) is 5.06. The highest BCUT2D eigenvalue weighted by Gasteiger charge is 2.27. The van der Waals surface area contributed by atoms with Gasteiger partial charge in [-0.2, -0.15) is 0 Å². The molecule has 0 N–H and O–H groups in total. The molecule has 0 saturated heterocycles. The van der Waals surface area contributed by atoms with Gasteiger partial charge in [-0.25, -0.2) is 4.99 Å². The first-order valence-corrected chi connectivity index (χ1v) is 7.17. The summed E-state index contributed by atoms with van der Waals surface area (Å²) in [6.45, 7) is 2.57. The van der Waals surface area contributed by atoms with E-state index in [9.17, 15) is 4.79 Å². The molecular formula is C17H15ClN2O. The van der Waals surface area contributed by atoms with Crippen molar-refractivity contribution < 1.29 is 4.79 Å². The molecule has 106 valence electrons. The summed E-state index contributed by atoms with van der Waals surface area (Å²) in [6, 6.07) is 15.2. The van der Waals surface area contributed by atoms with Gasteiger partial charge in [0.2, 0.25) is 0 Å². The highest BCUT2D eigenvalue weighted by atomic mass is 35.5. The van der Waals surface area contributed by atoms with Crippen LogP contribution in [0.15, 0.2) is 53.5 Å². The summed E-state index contributed by atoms with van der Waals surface area (Å²) in [5.41, 5.74) is 2.83. The Morgan fingerprint density at radius 1 is 1.24 bits per heavy atom. The molecule has 1 aliphatic heterocycles. The number of fused-ring (bicyclic) bond motifs is 1. The minimum atomic E-state index is -0.324. The van der Waals surface area contributed by atoms with E-state index in [0.29, 0.717) is 11.6 Å². The molecule has 0 amide bonds. The van der Waals surface area contributed by atoms with Gasteiger partial charge in [0.1, 0.15) is 18.2 Å². The minimum absolute atomic E-state index is 0.324. The molecule has 0 radical (unpaired) electrons. The van der Waals surface area contributed by atoms with Gasteiger partial charge >= 0.3 is 0 Å². The van der Waals surface area contributed by atoms with E-state index in [0.717, 1.165) is 28.9 Å². The van der Waals surface area contributed by atoms with Crippen LogP contribution in [0.2, 0.25) is 5.02 Å². The third kappa shape index (κ3) is 2.69. The fraction of sp³-hybridized carbons (Fsp3) is 0.176. The number of amidine groups is 1. The van der Waals surface area contributed by atoms with E-state index in [2.05, 4.69) is 4.99 Å². The van der Waals surface area contributed by atoms with Crippen LogP contribution in [0.25, 0.3) is 0 Å². The Kier molecular flexibility index (Phi) is 3.76. The molecule has 3 rings (SSSR count). The predicted octanol–water partition coefficient (Wildman–Crippen LogP) is 4.15. The second kappa shape index (κ2) is 5.70.